The molecule has 1 aliphatic rings. The molecule has 3 unspecified atom stereocenters. The van der Waals surface area contributed by atoms with Gasteiger partial charge in [-0.25, -0.2) is 0 Å². The number of rotatable bonds is 11. The summed E-state index contributed by atoms with van der Waals surface area (Å²) in [6.07, 6.45) is 10.3. The molecule has 1 aliphatic heterocycles. The molecule has 1 heterocycles. The zero-order valence-corrected chi connectivity index (χ0v) is 21.0. The number of carbonyl (C=O) groups excluding carboxylic acids is 1. The Bertz CT molecular complexity index is 1140. The van der Waals surface area contributed by atoms with Crippen molar-refractivity contribution in [1.29, 1.82) is 10.7 Å². The second-order valence-electron chi connectivity index (χ2n) is 9.09. The molecule has 0 aromatic heterocycles. The highest BCUT2D eigenvalue weighted by molar-refractivity contribution is 5.83. The Morgan fingerprint density at radius 3 is 2.44 bits per heavy atom. The van der Waals surface area contributed by atoms with Gasteiger partial charge in [-0.2, -0.15) is 5.26 Å². The standard InChI is InChI=1S/C29H34N6O/c1-21(2)15-16-35(20-31)26-13-14-27(32-19-26)34-29(36)28(25-7-5-4-6-8-25)33-18-22(3)24-11-9-23(17-30)10-12-24/h4-16,19-22,27-28,31-33H,18H2,1-3H3,(H,34,36)/b16-15+,31-20?. The van der Waals surface area contributed by atoms with Gasteiger partial charge >= 0.3 is 0 Å². The summed E-state index contributed by atoms with van der Waals surface area (Å²) in [6.45, 7) is 6.84. The van der Waals surface area contributed by atoms with Gasteiger partial charge in [0, 0.05) is 18.9 Å². The summed E-state index contributed by atoms with van der Waals surface area (Å²) >= 11 is 0. The summed E-state index contributed by atoms with van der Waals surface area (Å²) in [4.78, 5) is 15.0. The van der Waals surface area contributed by atoms with Crippen molar-refractivity contribution in [2.45, 2.75) is 38.9 Å². The van der Waals surface area contributed by atoms with Gasteiger partial charge in [0.1, 0.15) is 12.2 Å². The van der Waals surface area contributed by atoms with E-state index in [1.807, 2.05) is 79.0 Å². The molecule has 0 spiro atoms. The lowest BCUT2D eigenvalue weighted by molar-refractivity contribution is -0.123. The summed E-state index contributed by atoms with van der Waals surface area (Å²) in [7, 11) is 0. The summed E-state index contributed by atoms with van der Waals surface area (Å²) in [5, 5.41) is 26.4. The van der Waals surface area contributed by atoms with E-state index in [-0.39, 0.29) is 18.0 Å². The highest BCUT2D eigenvalue weighted by Crippen LogP contribution is 2.19. The second-order valence-corrected chi connectivity index (χ2v) is 9.09. The summed E-state index contributed by atoms with van der Waals surface area (Å²) in [6, 6.07) is 18.8. The molecule has 0 saturated carbocycles. The van der Waals surface area contributed by atoms with E-state index in [9.17, 15) is 4.79 Å². The molecule has 0 bridgehead atoms. The predicted molar refractivity (Wildman–Crippen MR) is 144 cm³/mol. The van der Waals surface area contributed by atoms with Crippen molar-refractivity contribution in [3.05, 3.63) is 108 Å². The van der Waals surface area contributed by atoms with Gasteiger partial charge in [0.15, 0.2) is 0 Å². The Hall–Kier alpha value is -4.15. The smallest absolute Gasteiger partial charge is 0.243 e. The fraction of sp³-hybridized carbons (Fsp3) is 0.276. The van der Waals surface area contributed by atoms with E-state index in [4.69, 9.17) is 10.7 Å². The van der Waals surface area contributed by atoms with Gasteiger partial charge in [-0.3, -0.25) is 10.2 Å². The summed E-state index contributed by atoms with van der Waals surface area (Å²) in [5.74, 6) is 0.388. The summed E-state index contributed by atoms with van der Waals surface area (Å²) in [5.41, 5.74) is 3.42. The minimum atomic E-state index is -0.528. The van der Waals surface area contributed by atoms with Gasteiger partial charge in [-0.15, -0.1) is 0 Å². The minimum Gasteiger partial charge on any atom is -0.366 e. The van der Waals surface area contributed by atoms with Crippen LogP contribution in [0.25, 0.3) is 0 Å². The van der Waals surface area contributed by atoms with E-state index in [1.165, 1.54) is 6.34 Å². The maximum absolute atomic E-state index is 13.3. The first kappa shape index (κ1) is 26.5. The van der Waals surface area contributed by atoms with Gasteiger partial charge in [-0.1, -0.05) is 69.3 Å². The topological polar surface area (TPSA) is 104 Å². The molecule has 7 heteroatoms. The fourth-order valence-electron chi connectivity index (χ4n) is 3.74. The largest absolute Gasteiger partial charge is 0.366 e. The van der Waals surface area contributed by atoms with Crippen molar-refractivity contribution in [1.82, 2.24) is 20.9 Å². The molecular weight excluding hydrogens is 448 g/mol. The first-order chi connectivity index (χ1) is 17.4. The quantitative estimate of drug-likeness (QED) is 0.279. The number of nitriles is 1. The van der Waals surface area contributed by atoms with Crippen LogP contribution in [0.15, 0.2) is 90.9 Å². The number of allylic oxidation sites excluding steroid dienone is 2. The molecule has 0 saturated heterocycles. The van der Waals surface area contributed by atoms with Gasteiger partial charge < -0.3 is 20.9 Å². The third-order valence-corrected chi connectivity index (χ3v) is 5.87. The molecule has 2 aromatic rings. The minimum absolute atomic E-state index is 0.143. The first-order valence-electron chi connectivity index (χ1n) is 12.1. The highest BCUT2D eigenvalue weighted by Gasteiger charge is 2.23. The lowest BCUT2D eigenvalue weighted by atomic mass is 9.98. The number of hydrogen-bond donors (Lipinski definition) is 4. The van der Waals surface area contributed by atoms with Gasteiger partial charge in [0.05, 0.1) is 23.7 Å². The van der Waals surface area contributed by atoms with Crippen LogP contribution in [0.1, 0.15) is 49.4 Å². The van der Waals surface area contributed by atoms with E-state index in [2.05, 4.69) is 42.8 Å². The van der Waals surface area contributed by atoms with Crippen molar-refractivity contribution < 1.29 is 4.79 Å². The molecule has 1 amide bonds. The molecular formula is C29H34N6O. The van der Waals surface area contributed by atoms with Gasteiger partial charge in [-0.05, 0) is 47.2 Å². The van der Waals surface area contributed by atoms with Gasteiger partial charge in [0.2, 0.25) is 5.91 Å². The van der Waals surface area contributed by atoms with Crippen molar-refractivity contribution >= 4 is 12.2 Å². The van der Waals surface area contributed by atoms with E-state index >= 15 is 0 Å². The number of nitrogens with one attached hydrogen (secondary N) is 4. The van der Waals surface area contributed by atoms with Crippen molar-refractivity contribution in [2.75, 3.05) is 6.54 Å². The van der Waals surface area contributed by atoms with Crippen LogP contribution in [0.3, 0.4) is 0 Å². The van der Waals surface area contributed by atoms with Crippen LogP contribution in [0.4, 0.5) is 0 Å². The zero-order chi connectivity index (χ0) is 25.9. The van der Waals surface area contributed by atoms with E-state index in [0.717, 1.165) is 16.8 Å². The van der Waals surface area contributed by atoms with E-state index in [0.29, 0.717) is 18.0 Å². The van der Waals surface area contributed by atoms with Crippen LogP contribution in [0, 0.1) is 22.7 Å². The third kappa shape index (κ3) is 7.42. The average molecular weight is 483 g/mol. The molecule has 2 aromatic carbocycles. The number of hydrogen-bond acceptors (Lipinski definition) is 5. The number of benzene rings is 2. The summed E-state index contributed by atoms with van der Waals surface area (Å²) < 4.78 is 0. The number of nitrogens with zero attached hydrogens (tertiary/aromatic N) is 2. The Kier molecular flexibility index (Phi) is 9.61. The maximum atomic E-state index is 13.3. The number of dihydropyridines is 1. The Labute approximate surface area is 213 Å². The number of amides is 1. The molecule has 0 radical (unpaired) electrons. The van der Waals surface area contributed by atoms with E-state index in [1.54, 1.807) is 11.1 Å². The van der Waals surface area contributed by atoms with E-state index < -0.39 is 6.04 Å². The van der Waals surface area contributed by atoms with Crippen molar-refractivity contribution in [2.24, 2.45) is 5.92 Å². The van der Waals surface area contributed by atoms with Crippen LogP contribution < -0.4 is 16.0 Å². The van der Waals surface area contributed by atoms with Crippen molar-refractivity contribution in [3.63, 3.8) is 0 Å². The lowest BCUT2D eigenvalue weighted by Crippen LogP contribution is -2.48. The zero-order valence-electron chi connectivity index (χ0n) is 21.0. The number of carbonyl (C=O) groups is 1. The first-order valence-corrected chi connectivity index (χ1v) is 12.1. The normalized spacial score (nSPS) is 16.5. The molecule has 36 heavy (non-hydrogen) atoms. The van der Waals surface area contributed by atoms with Crippen LogP contribution in [-0.4, -0.2) is 29.9 Å². The SMILES string of the molecule is CC(C)/C=C/N(C=N)C1=CNC(NC(=O)C(NCC(C)c2ccc(C#N)cc2)c2ccccc2)C=C1. The van der Waals surface area contributed by atoms with Gasteiger partial charge in [0.25, 0.3) is 0 Å². The molecule has 0 fully saturated rings. The van der Waals surface area contributed by atoms with Crippen LogP contribution in [-0.2, 0) is 4.79 Å². The molecule has 0 aliphatic carbocycles. The molecule has 186 valence electrons. The lowest BCUT2D eigenvalue weighted by Gasteiger charge is -2.27. The molecule has 3 rings (SSSR count). The second kappa shape index (κ2) is 13.1. The Balaban J connectivity index is 1.65. The fourth-order valence-corrected chi connectivity index (χ4v) is 3.74. The third-order valence-electron chi connectivity index (χ3n) is 5.87. The van der Waals surface area contributed by atoms with Crippen LogP contribution >= 0.6 is 0 Å². The average Bonchev–Trinajstić information content (AvgIpc) is 2.90. The van der Waals surface area contributed by atoms with Crippen LogP contribution in [0.2, 0.25) is 0 Å². The maximum Gasteiger partial charge on any atom is 0.243 e. The Morgan fingerprint density at radius 2 is 1.86 bits per heavy atom. The predicted octanol–water partition coefficient (Wildman–Crippen LogP) is 4.51. The molecule has 4 N–H and O–H groups in total. The van der Waals surface area contributed by atoms with Crippen LogP contribution in [0.5, 0.6) is 0 Å². The highest BCUT2D eigenvalue weighted by atomic mass is 16.2. The molecule has 7 nitrogen and oxygen atoms in total. The Morgan fingerprint density at radius 1 is 1.14 bits per heavy atom. The molecule has 3 atom stereocenters. The van der Waals surface area contributed by atoms with Crippen molar-refractivity contribution in [3.8, 4) is 6.07 Å². The monoisotopic (exact) mass is 482 g/mol.